The Morgan fingerprint density at radius 1 is 1.26 bits per heavy atom. The number of fused-ring (bicyclic) bond motifs is 5. The summed E-state index contributed by atoms with van der Waals surface area (Å²) in [6.45, 7) is 3.43. The predicted molar refractivity (Wildman–Crippen MR) is 102 cm³/mol. The Morgan fingerprint density at radius 2 is 1.96 bits per heavy atom. The molecule has 1 aliphatic carbocycles. The molecule has 0 aliphatic heterocycles. The van der Waals surface area contributed by atoms with Crippen LogP contribution in [0.3, 0.4) is 0 Å². The lowest BCUT2D eigenvalue weighted by Crippen LogP contribution is -2.41. The lowest BCUT2D eigenvalue weighted by Gasteiger charge is -2.23. The molecule has 0 spiro atoms. The summed E-state index contributed by atoms with van der Waals surface area (Å²) in [5.74, 6) is -0.348. The molecule has 0 aromatic carbocycles. The highest BCUT2D eigenvalue weighted by atomic mass is 32.1. The van der Waals surface area contributed by atoms with Crippen LogP contribution >= 0.6 is 11.3 Å². The quantitative estimate of drug-likeness (QED) is 0.684. The Hall–Kier alpha value is -2.10. The molecule has 0 unspecified atom stereocenters. The van der Waals surface area contributed by atoms with Crippen LogP contribution in [0, 0.1) is 0 Å². The molecule has 0 fully saturated rings. The number of carbonyl (C=O) groups excluding carboxylic acids is 1. The van der Waals surface area contributed by atoms with Gasteiger partial charge in [0.25, 0.3) is 5.91 Å². The van der Waals surface area contributed by atoms with Crippen molar-refractivity contribution in [1.82, 2.24) is 24.5 Å². The van der Waals surface area contributed by atoms with Crippen LogP contribution in [0.5, 0.6) is 0 Å². The molecular formula is C18H23N5O3S. The summed E-state index contributed by atoms with van der Waals surface area (Å²) >= 11 is 1.70. The van der Waals surface area contributed by atoms with Gasteiger partial charge in [0.05, 0.1) is 17.6 Å². The van der Waals surface area contributed by atoms with Crippen LogP contribution in [-0.4, -0.2) is 65.9 Å². The second-order valence-electron chi connectivity index (χ2n) is 7.25. The minimum absolute atomic E-state index is 0.0568. The number of aliphatic hydroxyl groups is 2. The minimum atomic E-state index is -0.706. The van der Waals surface area contributed by atoms with Crippen LogP contribution in [0.1, 0.15) is 47.7 Å². The monoisotopic (exact) mass is 389 g/mol. The molecule has 0 saturated heterocycles. The van der Waals surface area contributed by atoms with Crippen LogP contribution < -0.4 is 0 Å². The van der Waals surface area contributed by atoms with Gasteiger partial charge in [0.1, 0.15) is 11.2 Å². The lowest BCUT2D eigenvalue weighted by atomic mass is 9.97. The average Bonchev–Trinajstić information content (AvgIpc) is 3.20. The number of thiophene rings is 1. The van der Waals surface area contributed by atoms with E-state index in [4.69, 9.17) is 0 Å². The Balaban J connectivity index is 1.77. The highest BCUT2D eigenvalue weighted by molar-refractivity contribution is 7.19. The first-order chi connectivity index (χ1) is 12.9. The van der Waals surface area contributed by atoms with Gasteiger partial charge >= 0.3 is 0 Å². The molecule has 8 nitrogen and oxygen atoms in total. The number of aromatic nitrogens is 4. The third kappa shape index (κ3) is 3.42. The van der Waals surface area contributed by atoms with E-state index in [0.29, 0.717) is 5.65 Å². The van der Waals surface area contributed by atoms with E-state index in [1.54, 1.807) is 36.0 Å². The van der Waals surface area contributed by atoms with Crippen LogP contribution in [-0.2, 0) is 12.8 Å². The summed E-state index contributed by atoms with van der Waals surface area (Å²) in [5.41, 5.74) is 1.94. The summed E-state index contributed by atoms with van der Waals surface area (Å²) < 4.78 is 1.56. The van der Waals surface area contributed by atoms with Gasteiger partial charge < -0.3 is 15.1 Å². The number of aryl methyl sites for hydroxylation is 2. The standard InChI is InChI=1S/C18H23N5O3S/c1-10(24)7-22(8-11(2)25)18(26)15-20-16-14-12-5-3-4-6-13(12)27-17(14)19-9-23(16)21-15/h9-11,24-25H,3-8H2,1-2H3/t10-,11-/m1/s1. The van der Waals surface area contributed by atoms with E-state index < -0.39 is 18.1 Å². The van der Waals surface area contributed by atoms with Crippen LogP contribution in [0.25, 0.3) is 15.9 Å². The number of hydrogen-bond acceptors (Lipinski definition) is 7. The van der Waals surface area contributed by atoms with E-state index in [0.717, 1.165) is 29.5 Å². The minimum Gasteiger partial charge on any atom is -0.392 e. The molecule has 144 valence electrons. The number of carbonyl (C=O) groups is 1. The van der Waals surface area contributed by atoms with Crippen molar-refractivity contribution in [3.05, 3.63) is 22.6 Å². The SMILES string of the molecule is C[C@@H](O)CN(C[C@@H](C)O)C(=O)c1nc2c3c4c(sc3ncn2n1)CCCC4. The first-order valence-corrected chi connectivity index (χ1v) is 10.1. The first kappa shape index (κ1) is 18.3. The Labute approximate surface area is 160 Å². The molecule has 3 aromatic rings. The van der Waals surface area contributed by atoms with E-state index >= 15 is 0 Å². The smallest absolute Gasteiger partial charge is 0.293 e. The van der Waals surface area contributed by atoms with Crippen molar-refractivity contribution in [2.75, 3.05) is 13.1 Å². The maximum atomic E-state index is 12.9. The van der Waals surface area contributed by atoms with Gasteiger partial charge in [0, 0.05) is 18.0 Å². The molecule has 0 saturated carbocycles. The highest BCUT2D eigenvalue weighted by Gasteiger charge is 2.25. The number of hydrogen-bond donors (Lipinski definition) is 2. The average molecular weight is 389 g/mol. The Kier molecular flexibility index (Phi) is 4.83. The fourth-order valence-corrected chi connectivity index (χ4v) is 4.89. The van der Waals surface area contributed by atoms with Gasteiger partial charge in [-0.25, -0.2) is 14.5 Å². The highest BCUT2D eigenvalue weighted by Crippen LogP contribution is 2.36. The number of rotatable bonds is 5. The summed E-state index contributed by atoms with van der Waals surface area (Å²) in [6, 6.07) is 0. The molecule has 1 aliphatic rings. The zero-order valence-electron chi connectivity index (χ0n) is 15.4. The van der Waals surface area contributed by atoms with Gasteiger partial charge in [-0.15, -0.1) is 16.4 Å². The Morgan fingerprint density at radius 3 is 2.67 bits per heavy atom. The van der Waals surface area contributed by atoms with Gasteiger partial charge in [-0.2, -0.15) is 0 Å². The largest absolute Gasteiger partial charge is 0.392 e. The van der Waals surface area contributed by atoms with E-state index in [1.165, 1.54) is 21.8 Å². The van der Waals surface area contributed by atoms with Gasteiger partial charge in [-0.3, -0.25) is 4.79 Å². The van der Waals surface area contributed by atoms with Crippen molar-refractivity contribution >= 4 is 33.1 Å². The normalized spacial score (nSPS) is 16.4. The molecular weight excluding hydrogens is 366 g/mol. The van der Waals surface area contributed by atoms with Crippen LogP contribution in [0.2, 0.25) is 0 Å². The number of nitrogens with zero attached hydrogens (tertiary/aromatic N) is 5. The molecule has 2 N–H and O–H groups in total. The summed E-state index contributed by atoms with van der Waals surface area (Å²) in [7, 11) is 0. The van der Waals surface area contributed by atoms with Crippen molar-refractivity contribution in [3.8, 4) is 0 Å². The van der Waals surface area contributed by atoms with Gasteiger partial charge in [0.15, 0.2) is 5.65 Å². The first-order valence-electron chi connectivity index (χ1n) is 9.25. The van der Waals surface area contributed by atoms with Gasteiger partial charge in [-0.05, 0) is 45.1 Å². The van der Waals surface area contributed by atoms with Crippen molar-refractivity contribution < 1.29 is 15.0 Å². The fraction of sp³-hybridized carbons (Fsp3) is 0.556. The van der Waals surface area contributed by atoms with Gasteiger partial charge in [-0.1, -0.05) is 0 Å². The second kappa shape index (κ2) is 7.14. The molecule has 1 amide bonds. The van der Waals surface area contributed by atoms with E-state index in [-0.39, 0.29) is 18.9 Å². The molecule has 9 heteroatoms. The molecule has 0 bridgehead atoms. The maximum Gasteiger partial charge on any atom is 0.293 e. The van der Waals surface area contributed by atoms with E-state index in [9.17, 15) is 15.0 Å². The zero-order valence-corrected chi connectivity index (χ0v) is 16.2. The second-order valence-corrected chi connectivity index (χ2v) is 8.33. The van der Waals surface area contributed by atoms with Crippen molar-refractivity contribution in [2.45, 2.75) is 51.7 Å². The van der Waals surface area contributed by atoms with Crippen LogP contribution in [0.4, 0.5) is 0 Å². The van der Waals surface area contributed by atoms with E-state index in [1.807, 2.05) is 0 Å². The third-order valence-electron chi connectivity index (χ3n) is 4.74. The third-order valence-corrected chi connectivity index (χ3v) is 5.94. The molecule has 2 atom stereocenters. The van der Waals surface area contributed by atoms with Crippen molar-refractivity contribution in [1.29, 1.82) is 0 Å². The van der Waals surface area contributed by atoms with Crippen LogP contribution in [0.15, 0.2) is 6.33 Å². The summed E-state index contributed by atoms with van der Waals surface area (Å²) in [5, 5.41) is 24.7. The molecule has 3 aromatic heterocycles. The van der Waals surface area contributed by atoms with Crippen molar-refractivity contribution in [2.24, 2.45) is 0 Å². The van der Waals surface area contributed by atoms with Crippen molar-refractivity contribution in [3.63, 3.8) is 0 Å². The Bertz CT molecular complexity index is 984. The number of amides is 1. The molecule has 3 heterocycles. The van der Waals surface area contributed by atoms with Gasteiger partial charge in [0.2, 0.25) is 5.82 Å². The summed E-state index contributed by atoms with van der Waals surface area (Å²) in [4.78, 5) is 25.6. The summed E-state index contributed by atoms with van der Waals surface area (Å²) in [6.07, 6.45) is 4.60. The lowest BCUT2D eigenvalue weighted by molar-refractivity contribution is 0.0507. The fourth-order valence-electron chi connectivity index (χ4n) is 3.66. The number of aliphatic hydroxyl groups excluding tert-OH is 2. The topological polar surface area (TPSA) is 104 Å². The zero-order chi connectivity index (χ0) is 19.1. The maximum absolute atomic E-state index is 12.9. The molecule has 4 rings (SSSR count). The van der Waals surface area contributed by atoms with E-state index in [2.05, 4.69) is 15.1 Å². The molecule has 0 radical (unpaired) electrons. The molecule has 27 heavy (non-hydrogen) atoms. The predicted octanol–water partition coefficient (Wildman–Crippen LogP) is 1.42.